The van der Waals surface area contributed by atoms with E-state index in [9.17, 15) is 8.42 Å². The van der Waals surface area contributed by atoms with E-state index in [1.54, 1.807) is 0 Å². The van der Waals surface area contributed by atoms with Crippen molar-refractivity contribution in [1.29, 1.82) is 0 Å². The molecule has 1 saturated heterocycles. The minimum absolute atomic E-state index is 0.148. The number of hydrogen-bond acceptors (Lipinski definition) is 3. The lowest BCUT2D eigenvalue weighted by atomic mass is 10.1. The van der Waals surface area contributed by atoms with E-state index in [1.165, 1.54) is 5.56 Å². The summed E-state index contributed by atoms with van der Waals surface area (Å²) < 4.78 is 22.9. The number of anilines is 1. The third kappa shape index (κ3) is 4.55. The molecule has 126 valence electrons. The summed E-state index contributed by atoms with van der Waals surface area (Å²) >= 11 is 5.28. The number of sulfone groups is 1. The van der Waals surface area contributed by atoms with Gasteiger partial charge in [0.2, 0.25) is 0 Å². The van der Waals surface area contributed by atoms with Gasteiger partial charge in [-0.2, -0.15) is 0 Å². The third-order valence-corrected chi connectivity index (χ3v) is 6.21. The van der Waals surface area contributed by atoms with Crippen LogP contribution in [0.5, 0.6) is 0 Å². The van der Waals surface area contributed by atoms with Crippen molar-refractivity contribution in [3.63, 3.8) is 0 Å². The van der Waals surface area contributed by atoms with Crippen molar-refractivity contribution in [2.45, 2.75) is 6.42 Å². The van der Waals surface area contributed by atoms with Gasteiger partial charge in [-0.05, 0) is 47.8 Å². The van der Waals surface area contributed by atoms with Crippen molar-refractivity contribution in [3.05, 3.63) is 54.6 Å². The van der Waals surface area contributed by atoms with Crippen LogP contribution in [0.25, 0.3) is 11.1 Å². The summed E-state index contributed by atoms with van der Waals surface area (Å²) in [5.41, 5.74) is 3.23. The molecule has 2 aromatic carbocycles. The minimum Gasteiger partial charge on any atom is -0.362 e. The second-order valence-corrected chi connectivity index (χ2v) is 8.68. The number of hydrogen-bond donors (Lipinski definition) is 2. The van der Waals surface area contributed by atoms with Gasteiger partial charge in [-0.15, -0.1) is 0 Å². The van der Waals surface area contributed by atoms with Gasteiger partial charge in [-0.1, -0.05) is 42.5 Å². The summed E-state index contributed by atoms with van der Waals surface area (Å²) in [7, 11) is -2.84. The van der Waals surface area contributed by atoms with Crippen LogP contribution in [0.4, 0.5) is 5.69 Å². The summed E-state index contributed by atoms with van der Waals surface area (Å²) in [4.78, 5) is 0. The summed E-state index contributed by atoms with van der Waals surface area (Å²) in [6, 6.07) is 18.2. The third-order valence-electron chi connectivity index (χ3n) is 4.13. The van der Waals surface area contributed by atoms with Gasteiger partial charge >= 0.3 is 0 Å². The maximum absolute atomic E-state index is 11.4. The Kier molecular flexibility index (Phi) is 5.16. The highest BCUT2D eigenvalue weighted by atomic mass is 32.2. The molecule has 1 atom stereocenters. The van der Waals surface area contributed by atoms with Crippen molar-refractivity contribution in [2.75, 3.05) is 23.4 Å². The molecule has 0 aliphatic carbocycles. The molecule has 1 fully saturated rings. The molecule has 0 saturated carbocycles. The molecule has 0 amide bonds. The van der Waals surface area contributed by atoms with Crippen molar-refractivity contribution < 1.29 is 8.42 Å². The lowest BCUT2D eigenvalue weighted by molar-refractivity contribution is 0.574. The van der Waals surface area contributed by atoms with Crippen LogP contribution >= 0.6 is 12.2 Å². The van der Waals surface area contributed by atoms with Gasteiger partial charge in [0.05, 0.1) is 11.5 Å². The highest BCUT2D eigenvalue weighted by molar-refractivity contribution is 7.91. The van der Waals surface area contributed by atoms with Crippen LogP contribution < -0.4 is 10.6 Å². The minimum atomic E-state index is -2.84. The summed E-state index contributed by atoms with van der Waals surface area (Å²) in [6.45, 7) is 0.590. The quantitative estimate of drug-likeness (QED) is 0.821. The maximum atomic E-state index is 11.4. The van der Waals surface area contributed by atoms with E-state index in [1.807, 2.05) is 42.5 Å². The first kappa shape index (κ1) is 16.9. The van der Waals surface area contributed by atoms with E-state index >= 15 is 0 Å². The molecule has 0 bridgehead atoms. The number of benzene rings is 2. The lowest BCUT2D eigenvalue weighted by Gasteiger charge is -2.13. The van der Waals surface area contributed by atoms with Gasteiger partial charge in [-0.3, -0.25) is 0 Å². The molecule has 1 heterocycles. The zero-order chi connectivity index (χ0) is 17.0. The van der Waals surface area contributed by atoms with Gasteiger partial charge in [-0.25, -0.2) is 8.42 Å². The normalized spacial score (nSPS) is 18.9. The zero-order valence-electron chi connectivity index (χ0n) is 13.2. The Morgan fingerprint density at radius 3 is 2.33 bits per heavy atom. The highest BCUT2D eigenvalue weighted by Gasteiger charge is 2.27. The molecule has 2 aromatic rings. The SMILES string of the molecule is O=S1(=O)CCC(CNC(=S)Nc2ccc(-c3ccccc3)cc2)C1. The van der Waals surface area contributed by atoms with Crippen molar-refractivity contribution in [3.8, 4) is 11.1 Å². The second-order valence-electron chi connectivity index (χ2n) is 6.05. The largest absolute Gasteiger partial charge is 0.362 e. The second kappa shape index (κ2) is 7.32. The molecule has 0 spiro atoms. The van der Waals surface area contributed by atoms with Crippen LogP contribution in [-0.2, 0) is 9.84 Å². The lowest BCUT2D eigenvalue weighted by Crippen LogP contribution is -2.33. The molecule has 1 aliphatic rings. The number of thiocarbonyl (C=S) groups is 1. The van der Waals surface area contributed by atoms with Gasteiger partial charge in [0.1, 0.15) is 0 Å². The number of rotatable bonds is 4. The fourth-order valence-corrected chi connectivity index (χ4v) is 4.88. The van der Waals surface area contributed by atoms with Gasteiger partial charge < -0.3 is 10.6 Å². The molecule has 3 rings (SSSR count). The Balaban J connectivity index is 1.51. The Hall–Kier alpha value is -1.92. The van der Waals surface area contributed by atoms with Gasteiger partial charge in [0.25, 0.3) is 0 Å². The van der Waals surface area contributed by atoms with Crippen LogP contribution in [0.15, 0.2) is 54.6 Å². The Morgan fingerprint density at radius 1 is 1.04 bits per heavy atom. The molecule has 2 N–H and O–H groups in total. The molecule has 0 aromatic heterocycles. The Morgan fingerprint density at radius 2 is 1.71 bits per heavy atom. The summed E-state index contributed by atoms with van der Waals surface area (Å²) in [5.74, 6) is 0.699. The maximum Gasteiger partial charge on any atom is 0.170 e. The van der Waals surface area contributed by atoms with Crippen molar-refractivity contribution in [1.82, 2.24) is 5.32 Å². The van der Waals surface area contributed by atoms with E-state index in [0.717, 1.165) is 11.3 Å². The van der Waals surface area contributed by atoms with E-state index in [4.69, 9.17) is 12.2 Å². The van der Waals surface area contributed by atoms with E-state index < -0.39 is 9.84 Å². The first-order valence-electron chi connectivity index (χ1n) is 7.93. The average Bonchev–Trinajstić information content (AvgIpc) is 2.94. The van der Waals surface area contributed by atoms with Crippen LogP contribution in [-0.4, -0.2) is 31.6 Å². The highest BCUT2D eigenvalue weighted by Crippen LogP contribution is 2.21. The van der Waals surface area contributed by atoms with Crippen molar-refractivity contribution in [2.24, 2.45) is 5.92 Å². The topological polar surface area (TPSA) is 58.2 Å². The molecule has 0 radical (unpaired) electrons. The average molecular weight is 361 g/mol. The fraction of sp³-hybridized carbons (Fsp3) is 0.278. The molecular weight excluding hydrogens is 340 g/mol. The smallest absolute Gasteiger partial charge is 0.170 e. The van der Waals surface area contributed by atoms with Crippen LogP contribution in [0.3, 0.4) is 0 Å². The van der Waals surface area contributed by atoms with Crippen LogP contribution in [0, 0.1) is 5.92 Å². The standard InChI is InChI=1S/C18H20N2O2S2/c21-24(22)11-10-14(13-24)12-19-18(23)20-17-8-6-16(7-9-17)15-4-2-1-3-5-15/h1-9,14H,10-13H2,(H2,19,20,23). The van der Waals surface area contributed by atoms with E-state index in [2.05, 4.69) is 22.8 Å². The summed E-state index contributed by atoms with van der Waals surface area (Å²) in [5, 5.41) is 6.77. The van der Waals surface area contributed by atoms with E-state index in [0.29, 0.717) is 23.8 Å². The molecule has 6 heteroatoms. The molecule has 24 heavy (non-hydrogen) atoms. The van der Waals surface area contributed by atoms with Crippen molar-refractivity contribution >= 4 is 32.9 Å². The monoisotopic (exact) mass is 360 g/mol. The first-order chi connectivity index (χ1) is 11.5. The molecule has 1 unspecified atom stereocenters. The Bertz CT molecular complexity index is 803. The fourth-order valence-electron chi connectivity index (χ4n) is 2.82. The predicted octanol–water partition coefficient (Wildman–Crippen LogP) is 3.07. The van der Waals surface area contributed by atoms with Crippen LogP contribution in [0.2, 0.25) is 0 Å². The van der Waals surface area contributed by atoms with Gasteiger partial charge in [0.15, 0.2) is 14.9 Å². The molecule has 4 nitrogen and oxygen atoms in total. The molecule has 1 aliphatic heterocycles. The van der Waals surface area contributed by atoms with Crippen LogP contribution in [0.1, 0.15) is 6.42 Å². The summed E-state index contributed by atoms with van der Waals surface area (Å²) in [6.07, 6.45) is 0.712. The molecular formula is C18H20N2O2S2. The Labute approximate surface area is 148 Å². The van der Waals surface area contributed by atoms with Gasteiger partial charge in [0, 0.05) is 12.2 Å². The predicted molar refractivity (Wildman–Crippen MR) is 103 cm³/mol. The zero-order valence-corrected chi connectivity index (χ0v) is 14.9. The number of nitrogens with one attached hydrogen (secondary N) is 2. The van der Waals surface area contributed by atoms with E-state index in [-0.39, 0.29) is 11.7 Å². The first-order valence-corrected chi connectivity index (χ1v) is 10.2.